The SMILES string of the molecule is CC1CCC(C(=O)N2CCC=C(c3ccncc3)C2)O1. The topological polar surface area (TPSA) is 42.4 Å². The van der Waals surface area contributed by atoms with Crippen molar-refractivity contribution in [2.75, 3.05) is 13.1 Å². The molecule has 0 spiro atoms. The highest BCUT2D eigenvalue weighted by atomic mass is 16.5. The Bertz CT molecular complexity index is 512. The molecule has 0 aliphatic carbocycles. The standard InChI is InChI=1S/C16H20N2O2/c1-12-4-5-15(20-12)16(19)18-10-2-3-14(11-18)13-6-8-17-9-7-13/h3,6-9,12,15H,2,4-5,10-11H2,1H3. The van der Waals surface area contributed by atoms with Crippen LogP contribution >= 0.6 is 0 Å². The number of hydrogen-bond acceptors (Lipinski definition) is 3. The van der Waals surface area contributed by atoms with Crippen LogP contribution in [0.3, 0.4) is 0 Å². The minimum atomic E-state index is -0.234. The van der Waals surface area contributed by atoms with Crippen molar-refractivity contribution in [1.29, 1.82) is 0 Å². The summed E-state index contributed by atoms with van der Waals surface area (Å²) < 4.78 is 5.70. The molecule has 0 radical (unpaired) electrons. The molecule has 0 bridgehead atoms. The third kappa shape index (κ3) is 2.75. The maximum absolute atomic E-state index is 12.5. The van der Waals surface area contributed by atoms with Gasteiger partial charge in [-0.15, -0.1) is 0 Å². The Kier molecular flexibility index (Phi) is 3.83. The van der Waals surface area contributed by atoms with Gasteiger partial charge in [-0.3, -0.25) is 9.78 Å². The van der Waals surface area contributed by atoms with Gasteiger partial charge in [-0.25, -0.2) is 0 Å². The molecule has 1 aromatic heterocycles. The average Bonchev–Trinajstić information content (AvgIpc) is 2.94. The molecule has 106 valence electrons. The molecule has 1 saturated heterocycles. The van der Waals surface area contributed by atoms with E-state index in [0.717, 1.165) is 31.4 Å². The lowest BCUT2D eigenvalue weighted by Gasteiger charge is -2.29. The Morgan fingerprint density at radius 1 is 1.35 bits per heavy atom. The molecule has 3 heterocycles. The van der Waals surface area contributed by atoms with Crippen molar-refractivity contribution in [3.63, 3.8) is 0 Å². The highest BCUT2D eigenvalue weighted by Crippen LogP contribution is 2.25. The summed E-state index contributed by atoms with van der Waals surface area (Å²) >= 11 is 0. The van der Waals surface area contributed by atoms with Gasteiger partial charge in [0.25, 0.3) is 5.91 Å². The second-order valence-electron chi connectivity index (χ2n) is 5.53. The van der Waals surface area contributed by atoms with Crippen LogP contribution in [0.2, 0.25) is 0 Å². The lowest BCUT2D eigenvalue weighted by atomic mass is 10.0. The first kappa shape index (κ1) is 13.3. The van der Waals surface area contributed by atoms with Crippen molar-refractivity contribution in [2.24, 2.45) is 0 Å². The van der Waals surface area contributed by atoms with Crippen molar-refractivity contribution >= 4 is 11.5 Å². The number of carbonyl (C=O) groups is 1. The molecule has 2 atom stereocenters. The summed E-state index contributed by atoms with van der Waals surface area (Å²) in [6, 6.07) is 3.99. The zero-order chi connectivity index (χ0) is 13.9. The molecule has 0 saturated carbocycles. The molecule has 1 fully saturated rings. The number of carbonyl (C=O) groups excluding carboxylic acids is 1. The molecule has 3 rings (SSSR count). The van der Waals surface area contributed by atoms with E-state index < -0.39 is 0 Å². The molecule has 4 nitrogen and oxygen atoms in total. The molecule has 2 unspecified atom stereocenters. The van der Waals surface area contributed by atoms with Crippen LogP contribution in [0.5, 0.6) is 0 Å². The minimum Gasteiger partial charge on any atom is -0.365 e. The van der Waals surface area contributed by atoms with E-state index in [1.807, 2.05) is 24.0 Å². The lowest BCUT2D eigenvalue weighted by Crippen LogP contribution is -2.42. The largest absolute Gasteiger partial charge is 0.365 e. The number of nitrogens with zero attached hydrogens (tertiary/aromatic N) is 2. The van der Waals surface area contributed by atoms with Gasteiger partial charge in [-0.05, 0) is 49.5 Å². The van der Waals surface area contributed by atoms with E-state index in [1.54, 1.807) is 12.4 Å². The highest BCUT2D eigenvalue weighted by molar-refractivity contribution is 5.84. The third-order valence-electron chi connectivity index (χ3n) is 4.02. The summed E-state index contributed by atoms with van der Waals surface area (Å²) in [7, 11) is 0. The monoisotopic (exact) mass is 272 g/mol. The fraction of sp³-hybridized carbons (Fsp3) is 0.500. The Morgan fingerprint density at radius 2 is 2.15 bits per heavy atom. The summed E-state index contributed by atoms with van der Waals surface area (Å²) in [6.45, 7) is 3.50. The van der Waals surface area contributed by atoms with Crippen molar-refractivity contribution in [2.45, 2.75) is 38.4 Å². The number of aromatic nitrogens is 1. The van der Waals surface area contributed by atoms with Gasteiger partial charge >= 0.3 is 0 Å². The van der Waals surface area contributed by atoms with Gasteiger partial charge in [0.1, 0.15) is 6.10 Å². The summed E-state index contributed by atoms with van der Waals surface area (Å²) in [6.07, 6.45) is 8.52. The molecule has 1 amide bonds. The Balaban J connectivity index is 1.68. The van der Waals surface area contributed by atoms with Crippen LogP contribution < -0.4 is 0 Å². The number of amides is 1. The Hall–Kier alpha value is -1.68. The van der Waals surface area contributed by atoms with Crippen molar-refractivity contribution < 1.29 is 9.53 Å². The van der Waals surface area contributed by atoms with E-state index in [4.69, 9.17) is 4.74 Å². The van der Waals surface area contributed by atoms with E-state index in [-0.39, 0.29) is 18.1 Å². The van der Waals surface area contributed by atoms with Gasteiger partial charge in [0, 0.05) is 25.5 Å². The smallest absolute Gasteiger partial charge is 0.252 e. The van der Waals surface area contributed by atoms with Crippen LogP contribution in [0.1, 0.15) is 31.7 Å². The summed E-state index contributed by atoms with van der Waals surface area (Å²) in [5, 5.41) is 0. The predicted molar refractivity (Wildman–Crippen MR) is 77.0 cm³/mol. The molecular weight excluding hydrogens is 252 g/mol. The van der Waals surface area contributed by atoms with Crippen LogP contribution in [-0.2, 0) is 9.53 Å². The first-order chi connectivity index (χ1) is 9.74. The van der Waals surface area contributed by atoms with Crippen LogP contribution in [0, 0.1) is 0 Å². The van der Waals surface area contributed by atoms with Crippen molar-refractivity contribution in [3.05, 3.63) is 36.2 Å². The van der Waals surface area contributed by atoms with Gasteiger partial charge in [0.2, 0.25) is 0 Å². The fourth-order valence-corrected chi connectivity index (χ4v) is 2.89. The fourth-order valence-electron chi connectivity index (χ4n) is 2.89. The number of pyridine rings is 1. The predicted octanol–water partition coefficient (Wildman–Crippen LogP) is 2.26. The van der Waals surface area contributed by atoms with E-state index >= 15 is 0 Å². The summed E-state index contributed by atoms with van der Waals surface area (Å²) in [4.78, 5) is 18.5. The normalized spacial score (nSPS) is 26.4. The Labute approximate surface area is 119 Å². The first-order valence-corrected chi connectivity index (χ1v) is 7.28. The molecule has 4 heteroatoms. The minimum absolute atomic E-state index is 0.147. The number of hydrogen-bond donors (Lipinski definition) is 0. The van der Waals surface area contributed by atoms with Gasteiger partial charge in [-0.2, -0.15) is 0 Å². The second kappa shape index (κ2) is 5.75. The van der Waals surface area contributed by atoms with Crippen molar-refractivity contribution in [1.82, 2.24) is 9.88 Å². The second-order valence-corrected chi connectivity index (χ2v) is 5.53. The summed E-state index contributed by atoms with van der Waals surface area (Å²) in [5.74, 6) is 0.147. The molecule has 2 aliphatic rings. The van der Waals surface area contributed by atoms with Gasteiger partial charge in [0.15, 0.2) is 0 Å². The van der Waals surface area contributed by atoms with Crippen LogP contribution in [-0.4, -0.2) is 41.1 Å². The number of ether oxygens (including phenoxy) is 1. The Morgan fingerprint density at radius 3 is 2.85 bits per heavy atom. The molecule has 20 heavy (non-hydrogen) atoms. The highest BCUT2D eigenvalue weighted by Gasteiger charge is 2.32. The van der Waals surface area contributed by atoms with E-state index in [0.29, 0.717) is 6.54 Å². The molecular formula is C16H20N2O2. The van der Waals surface area contributed by atoms with Gasteiger partial charge < -0.3 is 9.64 Å². The van der Waals surface area contributed by atoms with Crippen LogP contribution in [0.25, 0.3) is 5.57 Å². The van der Waals surface area contributed by atoms with Crippen molar-refractivity contribution in [3.8, 4) is 0 Å². The van der Waals surface area contributed by atoms with Gasteiger partial charge in [0.05, 0.1) is 6.10 Å². The average molecular weight is 272 g/mol. The third-order valence-corrected chi connectivity index (χ3v) is 4.02. The first-order valence-electron chi connectivity index (χ1n) is 7.28. The quantitative estimate of drug-likeness (QED) is 0.829. The number of rotatable bonds is 2. The van der Waals surface area contributed by atoms with E-state index in [1.165, 1.54) is 5.57 Å². The van der Waals surface area contributed by atoms with E-state index in [2.05, 4.69) is 11.1 Å². The van der Waals surface area contributed by atoms with Crippen LogP contribution in [0.15, 0.2) is 30.6 Å². The maximum atomic E-state index is 12.5. The molecule has 0 aromatic carbocycles. The van der Waals surface area contributed by atoms with Crippen LogP contribution in [0.4, 0.5) is 0 Å². The maximum Gasteiger partial charge on any atom is 0.252 e. The lowest BCUT2D eigenvalue weighted by molar-refractivity contribution is -0.142. The zero-order valence-corrected chi connectivity index (χ0v) is 11.8. The summed E-state index contributed by atoms with van der Waals surface area (Å²) in [5.41, 5.74) is 2.36. The molecule has 0 N–H and O–H groups in total. The van der Waals surface area contributed by atoms with E-state index in [9.17, 15) is 4.79 Å². The molecule has 1 aromatic rings. The zero-order valence-electron chi connectivity index (χ0n) is 11.8. The van der Waals surface area contributed by atoms with Gasteiger partial charge in [-0.1, -0.05) is 6.08 Å². The molecule has 2 aliphatic heterocycles.